The number of anilines is 2. The third kappa shape index (κ3) is 6.60. The van der Waals surface area contributed by atoms with Gasteiger partial charge in [-0.2, -0.15) is 17.5 Å². The summed E-state index contributed by atoms with van der Waals surface area (Å²) in [5.74, 6) is -0.193. The highest BCUT2D eigenvalue weighted by Crippen LogP contribution is 2.38. The van der Waals surface area contributed by atoms with E-state index in [1.54, 1.807) is 17.4 Å². The maximum atomic E-state index is 14.0. The van der Waals surface area contributed by atoms with Crippen molar-refractivity contribution in [3.63, 3.8) is 0 Å². The summed E-state index contributed by atoms with van der Waals surface area (Å²) in [5, 5.41) is 5.17. The third-order valence-electron chi connectivity index (χ3n) is 5.69. The van der Waals surface area contributed by atoms with E-state index < -0.39 is 40.3 Å². The summed E-state index contributed by atoms with van der Waals surface area (Å²) in [5.41, 5.74) is 1.08. The van der Waals surface area contributed by atoms with Crippen molar-refractivity contribution in [1.82, 2.24) is 15.3 Å². The molecule has 38 heavy (non-hydrogen) atoms. The zero-order valence-corrected chi connectivity index (χ0v) is 21.3. The van der Waals surface area contributed by atoms with Gasteiger partial charge in [0.1, 0.15) is 36.0 Å². The summed E-state index contributed by atoms with van der Waals surface area (Å²) in [6, 6.07) is 6.74. The number of nitrogens with zero attached hydrogens (tertiary/aromatic N) is 3. The fraction of sp³-hybridized carbons (Fsp3) is 0.375. The molecule has 0 bridgehead atoms. The van der Waals surface area contributed by atoms with E-state index in [0.29, 0.717) is 33.8 Å². The first-order chi connectivity index (χ1) is 18.0. The second kappa shape index (κ2) is 11.0. The van der Waals surface area contributed by atoms with Gasteiger partial charge in [0, 0.05) is 23.6 Å². The molecule has 1 aliphatic rings. The Kier molecular flexibility index (Phi) is 7.90. The molecule has 1 saturated heterocycles. The van der Waals surface area contributed by atoms with Crippen LogP contribution in [0.4, 0.5) is 34.8 Å². The van der Waals surface area contributed by atoms with Crippen molar-refractivity contribution in [2.75, 3.05) is 30.5 Å². The van der Waals surface area contributed by atoms with Crippen molar-refractivity contribution < 1.29 is 36.0 Å². The first-order valence-corrected chi connectivity index (χ1v) is 13.4. The van der Waals surface area contributed by atoms with E-state index in [1.165, 1.54) is 26.4 Å². The molecule has 204 valence electrons. The number of alkyl halides is 3. The van der Waals surface area contributed by atoms with Crippen LogP contribution in [-0.4, -0.2) is 57.5 Å². The van der Waals surface area contributed by atoms with E-state index >= 15 is 0 Å². The van der Waals surface area contributed by atoms with Gasteiger partial charge in [0.2, 0.25) is 0 Å². The first-order valence-electron chi connectivity index (χ1n) is 11.6. The van der Waals surface area contributed by atoms with Crippen molar-refractivity contribution in [2.45, 2.75) is 32.0 Å². The van der Waals surface area contributed by atoms with Crippen molar-refractivity contribution >= 4 is 43.7 Å². The molecular weight excluding hydrogens is 530 g/mol. The normalized spacial score (nSPS) is 15.6. The smallest absolute Gasteiger partial charge is 0.405 e. The second-order valence-electron chi connectivity index (χ2n) is 8.60. The van der Waals surface area contributed by atoms with Crippen LogP contribution in [0.1, 0.15) is 19.8 Å². The second-order valence-corrected chi connectivity index (χ2v) is 11.1. The lowest BCUT2D eigenvalue weighted by molar-refractivity contribution is -0.142. The van der Waals surface area contributed by atoms with Gasteiger partial charge in [-0.25, -0.2) is 18.6 Å². The van der Waals surface area contributed by atoms with Crippen LogP contribution in [0.5, 0.6) is 11.5 Å². The number of nitrogens with one attached hydrogen (secondary N) is 2. The van der Waals surface area contributed by atoms with Gasteiger partial charge in [-0.05, 0) is 38.0 Å². The van der Waals surface area contributed by atoms with Crippen molar-refractivity contribution in [2.24, 2.45) is 4.36 Å². The summed E-state index contributed by atoms with van der Waals surface area (Å²) < 4.78 is 79.7. The number of hydrogen-bond donors (Lipinski definition) is 2. The summed E-state index contributed by atoms with van der Waals surface area (Å²) in [4.78, 5) is 20.6. The van der Waals surface area contributed by atoms with Gasteiger partial charge in [0.25, 0.3) is 5.91 Å². The largest absolute Gasteiger partial charge is 0.496 e. The van der Waals surface area contributed by atoms with E-state index in [9.17, 15) is 26.6 Å². The topological polar surface area (TPSA) is 115 Å². The Balaban J connectivity index is 1.65. The van der Waals surface area contributed by atoms with E-state index in [2.05, 4.69) is 19.6 Å². The molecule has 2 aromatic carbocycles. The zero-order valence-electron chi connectivity index (χ0n) is 20.5. The lowest BCUT2D eigenvalue weighted by Gasteiger charge is -2.19. The van der Waals surface area contributed by atoms with Gasteiger partial charge in [0.05, 0.1) is 39.1 Å². The fourth-order valence-corrected chi connectivity index (χ4v) is 6.08. The SMILES string of the molecule is COc1cc(N=S2(=O)CCCC2)cc2ncnc(Nc3ccc(F)cc3O[C@H](C)C(=O)NCC(F)(F)F)c12. The van der Waals surface area contributed by atoms with E-state index in [4.69, 9.17) is 9.47 Å². The predicted molar refractivity (Wildman–Crippen MR) is 134 cm³/mol. The molecule has 0 aliphatic carbocycles. The molecular formula is C24H25F4N5O4S. The first kappa shape index (κ1) is 27.4. The van der Waals surface area contributed by atoms with E-state index in [-0.39, 0.29) is 17.3 Å². The van der Waals surface area contributed by atoms with Gasteiger partial charge in [-0.3, -0.25) is 4.79 Å². The third-order valence-corrected chi connectivity index (χ3v) is 8.08. The quantitative estimate of drug-likeness (QED) is 0.382. The average Bonchev–Trinajstić information content (AvgIpc) is 3.28. The zero-order chi connectivity index (χ0) is 27.5. The van der Waals surface area contributed by atoms with Crippen molar-refractivity contribution in [1.29, 1.82) is 0 Å². The number of halogens is 4. The Morgan fingerprint density at radius 2 is 1.89 bits per heavy atom. The molecule has 1 atom stereocenters. The lowest BCUT2D eigenvalue weighted by atomic mass is 10.2. The van der Waals surface area contributed by atoms with Crippen molar-refractivity contribution in [3.05, 3.63) is 42.5 Å². The van der Waals surface area contributed by atoms with Crippen LogP contribution in [0.2, 0.25) is 0 Å². The maximum Gasteiger partial charge on any atom is 0.405 e. The van der Waals surface area contributed by atoms with Crippen LogP contribution >= 0.6 is 0 Å². The highest BCUT2D eigenvalue weighted by atomic mass is 32.2. The Bertz CT molecular complexity index is 1460. The molecule has 3 aromatic rings. The van der Waals surface area contributed by atoms with Crippen molar-refractivity contribution in [3.8, 4) is 11.5 Å². The molecule has 14 heteroatoms. The number of rotatable bonds is 8. The molecule has 0 radical (unpaired) electrons. The number of fused-ring (bicyclic) bond motifs is 1. The molecule has 1 fully saturated rings. The minimum Gasteiger partial charge on any atom is -0.496 e. The van der Waals surface area contributed by atoms with Gasteiger partial charge >= 0.3 is 6.18 Å². The predicted octanol–water partition coefficient (Wildman–Crippen LogP) is 4.86. The number of aromatic nitrogens is 2. The molecule has 0 saturated carbocycles. The number of hydrogen-bond acceptors (Lipinski definition) is 8. The summed E-state index contributed by atoms with van der Waals surface area (Å²) in [6.45, 7) is -0.284. The lowest BCUT2D eigenvalue weighted by Crippen LogP contribution is -2.41. The van der Waals surface area contributed by atoms with Crippen LogP contribution in [0, 0.1) is 5.82 Å². The number of methoxy groups -OCH3 is 1. The highest BCUT2D eigenvalue weighted by molar-refractivity contribution is 7.93. The molecule has 1 aliphatic heterocycles. The number of carbonyl (C=O) groups is 1. The Labute approximate surface area is 216 Å². The van der Waals surface area contributed by atoms with E-state index in [1.807, 2.05) is 0 Å². The van der Waals surface area contributed by atoms with E-state index in [0.717, 1.165) is 25.0 Å². The molecule has 1 aromatic heterocycles. The minimum absolute atomic E-state index is 0.130. The molecule has 2 N–H and O–H groups in total. The maximum absolute atomic E-state index is 14.0. The number of benzene rings is 2. The Morgan fingerprint density at radius 1 is 1.16 bits per heavy atom. The highest BCUT2D eigenvalue weighted by Gasteiger charge is 2.29. The van der Waals surface area contributed by atoms with Crippen LogP contribution in [0.3, 0.4) is 0 Å². The summed E-state index contributed by atoms with van der Waals surface area (Å²) in [6.07, 6.45) is -2.96. The van der Waals surface area contributed by atoms with Crippen LogP contribution in [0.25, 0.3) is 10.9 Å². The van der Waals surface area contributed by atoms with Crippen LogP contribution in [0.15, 0.2) is 41.0 Å². The van der Waals surface area contributed by atoms with Gasteiger partial charge in [-0.1, -0.05) is 0 Å². The molecule has 1 amide bonds. The molecule has 0 spiro atoms. The molecule has 2 heterocycles. The number of ether oxygens (including phenoxy) is 2. The number of amides is 1. The molecule has 4 rings (SSSR count). The standard InChI is InChI=1S/C24H25F4N5O4S/c1-14(23(34)29-12-24(26,27)28)37-19-9-15(25)5-6-17(19)32-22-21-18(30-13-31-22)10-16(11-20(21)36-2)33-38(35)7-3-4-8-38/h5-6,9-11,13-14H,3-4,7-8,12H2,1-2H3,(H,29,34)(H,30,31,32)/t14-/m1/s1. The summed E-state index contributed by atoms with van der Waals surface area (Å²) >= 11 is 0. The van der Waals surface area contributed by atoms with Gasteiger partial charge in [-0.15, -0.1) is 0 Å². The monoisotopic (exact) mass is 555 g/mol. The minimum atomic E-state index is -4.59. The Hall–Kier alpha value is -3.68. The molecule has 9 nitrogen and oxygen atoms in total. The average molecular weight is 556 g/mol. The van der Waals surface area contributed by atoms with Gasteiger partial charge < -0.3 is 20.1 Å². The van der Waals surface area contributed by atoms with Crippen LogP contribution in [-0.2, 0) is 14.5 Å². The fourth-order valence-electron chi connectivity index (χ4n) is 3.89. The van der Waals surface area contributed by atoms with Crippen LogP contribution < -0.4 is 20.1 Å². The van der Waals surface area contributed by atoms with Gasteiger partial charge in [0.15, 0.2) is 6.10 Å². The summed E-state index contributed by atoms with van der Waals surface area (Å²) in [7, 11) is -0.894. The molecule has 0 unspecified atom stereocenters. The number of carbonyl (C=O) groups excluding carboxylic acids is 1. The Morgan fingerprint density at radius 3 is 2.58 bits per heavy atom.